The van der Waals surface area contributed by atoms with E-state index in [4.69, 9.17) is 0 Å². The number of carbonyl (C=O) groups excluding carboxylic acids is 3. The first kappa shape index (κ1) is 16.8. The van der Waals surface area contributed by atoms with Crippen LogP contribution in [-0.4, -0.2) is 91.4 Å². The normalized spacial score (nSPS) is 23.9. The number of piperazine rings is 2. The topological polar surface area (TPSA) is 76.2 Å². The summed E-state index contributed by atoms with van der Waals surface area (Å²) in [5.74, 6) is -0.0108. The molecule has 0 saturated carbocycles. The molecule has 3 aliphatic rings. The van der Waals surface area contributed by atoms with Crippen LogP contribution >= 0.6 is 0 Å². The van der Waals surface area contributed by atoms with E-state index in [-0.39, 0.29) is 23.9 Å². The molecular weight excluding hydrogens is 334 g/mol. The molecule has 0 radical (unpaired) electrons. The van der Waals surface area contributed by atoms with E-state index in [2.05, 4.69) is 10.2 Å². The van der Waals surface area contributed by atoms with Gasteiger partial charge in [-0.15, -0.1) is 0 Å². The van der Waals surface area contributed by atoms with Crippen LogP contribution in [0.15, 0.2) is 24.3 Å². The van der Waals surface area contributed by atoms with Crippen molar-refractivity contribution in [2.75, 3.05) is 57.8 Å². The van der Waals surface area contributed by atoms with E-state index >= 15 is 0 Å². The van der Waals surface area contributed by atoms with E-state index in [9.17, 15) is 14.4 Å². The first-order valence-corrected chi connectivity index (χ1v) is 8.98. The average molecular weight is 357 g/mol. The summed E-state index contributed by atoms with van der Waals surface area (Å²) >= 11 is 0. The van der Waals surface area contributed by atoms with Gasteiger partial charge in [0.2, 0.25) is 5.91 Å². The van der Waals surface area contributed by atoms with Crippen LogP contribution in [0.1, 0.15) is 10.4 Å². The van der Waals surface area contributed by atoms with Crippen LogP contribution in [0.3, 0.4) is 0 Å². The summed E-state index contributed by atoms with van der Waals surface area (Å²) in [6.07, 6.45) is 0. The highest BCUT2D eigenvalue weighted by molar-refractivity contribution is 5.99. The van der Waals surface area contributed by atoms with Gasteiger partial charge < -0.3 is 15.1 Å². The molecule has 3 aliphatic heterocycles. The maximum atomic E-state index is 13.0. The van der Waals surface area contributed by atoms with Gasteiger partial charge in [-0.2, -0.15) is 0 Å². The fraction of sp³-hybridized carbons (Fsp3) is 0.500. The highest BCUT2D eigenvalue weighted by Crippen LogP contribution is 2.21. The number of nitrogens with one attached hydrogen (secondary N) is 1. The summed E-state index contributed by atoms with van der Waals surface area (Å²) in [7, 11) is 1.81. The fourth-order valence-electron chi connectivity index (χ4n) is 3.86. The van der Waals surface area contributed by atoms with Crippen molar-refractivity contribution in [2.24, 2.45) is 0 Å². The van der Waals surface area contributed by atoms with E-state index < -0.39 is 0 Å². The lowest BCUT2D eigenvalue weighted by Crippen LogP contribution is -2.64. The lowest BCUT2D eigenvalue weighted by Gasteiger charge is -2.45. The smallest absolute Gasteiger partial charge is 0.321 e. The van der Waals surface area contributed by atoms with Crippen molar-refractivity contribution in [3.63, 3.8) is 0 Å². The molecule has 0 spiro atoms. The third-order valence-corrected chi connectivity index (χ3v) is 5.42. The van der Waals surface area contributed by atoms with E-state index in [1.807, 2.05) is 13.1 Å². The monoisotopic (exact) mass is 357 g/mol. The minimum absolute atomic E-state index is 0.0799. The molecule has 3 fully saturated rings. The summed E-state index contributed by atoms with van der Waals surface area (Å²) < 4.78 is 0. The minimum Gasteiger partial charge on any atom is -0.343 e. The fourth-order valence-corrected chi connectivity index (χ4v) is 3.86. The van der Waals surface area contributed by atoms with Crippen LogP contribution in [0.25, 0.3) is 0 Å². The summed E-state index contributed by atoms with van der Waals surface area (Å²) in [4.78, 5) is 44.5. The molecule has 138 valence electrons. The standard InChI is InChI=1S/C18H23N5O3/c1-20-7-8-21-9-10-22(12-15(21)17(20)25)16(24)13-3-2-4-14(11-13)23-6-5-19-18(23)26/h2-4,11,15H,5-10,12H2,1H3,(H,19,26)/t15-/m1/s1. The van der Waals surface area contributed by atoms with Crippen LogP contribution in [0.4, 0.5) is 10.5 Å². The first-order valence-electron chi connectivity index (χ1n) is 8.98. The molecule has 4 rings (SSSR count). The van der Waals surface area contributed by atoms with Gasteiger partial charge in [-0.25, -0.2) is 4.79 Å². The molecule has 0 bridgehead atoms. The number of urea groups is 1. The molecule has 1 atom stereocenters. The van der Waals surface area contributed by atoms with Gasteiger partial charge >= 0.3 is 6.03 Å². The SMILES string of the molecule is CN1CCN2CCN(C(=O)c3cccc(N4CCNC4=O)c3)C[C@@H]2C1=O. The Labute approximate surface area is 152 Å². The predicted octanol–water partition coefficient (Wildman–Crippen LogP) is -0.185. The Hall–Kier alpha value is -2.61. The summed E-state index contributed by atoms with van der Waals surface area (Å²) in [5, 5.41) is 2.76. The minimum atomic E-state index is -0.251. The molecule has 1 aromatic carbocycles. The van der Waals surface area contributed by atoms with Gasteiger partial charge in [0, 0.05) is 64.1 Å². The number of fused-ring (bicyclic) bond motifs is 1. The summed E-state index contributed by atoms with van der Waals surface area (Å²) in [6, 6.07) is 6.76. The Bertz CT molecular complexity index is 752. The number of hydrogen-bond acceptors (Lipinski definition) is 4. The lowest BCUT2D eigenvalue weighted by atomic mass is 10.1. The van der Waals surface area contributed by atoms with Crippen LogP contribution in [0, 0.1) is 0 Å². The van der Waals surface area contributed by atoms with Crippen molar-refractivity contribution < 1.29 is 14.4 Å². The Balaban J connectivity index is 1.51. The van der Waals surface area contributed by atoms with Crippen LogP contribution in [-0.2, 0) is 4.79 Å². The van der Waals surface area contributed by atoms with Gasteiger partial charge in [-0.05, 0) is 18.2 Å². The molecule has 3 saturated heterocycles. The van der Waals surface area contributed by atoms with Crippen LogP contribution in [0.2, 0.25) is 0 Å². The maximum Gasteiger partial charge on any atom is 0.321 e. The number of hydrogen-bond donors (Lipinski definition) is 1. The number of benzene rings is 1. The number of likely N-dealkylation sites (N-methyl/N-ethyl adjacent to an activating group) is 1. The second-order valence-electron chi connectivity index (χ2n) is 7.00. The quantitative estimate of drug-likeness (QED) is 0.796. The van der Waals surface area contributed by atoms with Gasteiger partial charge in [-0.1, -0.05) is 6.07 Å². The lowest BCUT2D eigenvalue weighted by molar-refractivity contribution is -0.142. The van der Waals surface area contributed by atoms with Crippen molar-refractivity contribution in [1.29, 1.82) is 0 Å². The Morgan fingerprint density at radius 2 is 1.92 bits per heavy atom. The Morgan fingerprint density at radius 1 is 1.12 bits per heavy atom. The third-order valence-electron chi connectivity index (χ3n) is 5.42. The van der Waals surface area contributed by atoms with Gasteiger partial charge in [0.1, 0.15) is 6.04 Å². The van der Waals surface area contributed by atoms with Gasteiger partial charge in [-0.3, -0.25) is 19.4 Å². The van der Waals surface area contributed by atoms with Crippen molar-refractivity contribution in [1.82, 2.24) is 20.0 Å². The summed E-state index contributed by atoms with van der Waals surface area (Å²) in [5.41, 5.74) is 1.27. The third kappa shape index (κ3) is 2.90. The highest BCUT2D eigenvalue weighted by atomic mass is 16.2. The van der Waals surface area contributed by atoms with Crippen molar-refractivity contribution in [3.8, 4) is 0 Å². The number of nitrogens with zero attached hydrogens (tertiary/aromatic N) is 4. The van der Waals surface area contributed by atoms with E-state index in [1.54, 1.807) is 32.9 Å². The molecule has 0 unspecified atom stereocenters. The number of rotatable bonds is 2. The molecule has 8 nitrogen and oxygen atoms in total. The second-order valence-corrected chi connectivity index (χ2v) is 7.00. The zero-order valence-corrected chi connectivity index (χ0v) is 14.9. The van der Waals surface area contributed by atoms with E-state index in [1.165, 1.54) is 0 Å². The van der Waals surface area contributed by atoms with E-state index in [0.717, 1.165) is 18.8 Å². The molecule has 1 aromatic rings. The molecule has 3 heterocycles. The number of carbonyl (C=O) groups is 3. The largest absolute Gasteiger partial charge is 0.343 e. The molecule has 8 heteroatoms. The Morgan fingerprint density at radius 3 is 2.69 bits per heavy atom. The highest BCUT2D eigenvalue weighted by Gasteiger charge is 2.38. The zero-order chi connectivity index (χ0) is 18.3. The molecule has 0 aliphatic carbocycles. The molecule has 26 heavy (non-hydrogen) atoms. The molecular formula is C18H23N5O3. The molecule has 1 N–H and O–H groups in total. The predicted molar refractivity (Wildman–Crippen MR) is 96.1 cm³/mol. The number of anilines is 1. The maximum absolute atomic E-state index is 13.0. The number of amides is 4. The van der Waals surface area contributed by atoms with Crippen LogP contribution in [0.5, 0.6) is 0 Å². The zero-order valence-electron chi connectivity index (χ0n) is 14.9. The van der Waals surface area contributed by atoms with Crippen molar-refractivity contribution in [2.45, 2.75) is 6.04 Å². The first-order chi connectivity index (χ1) is 12.5. The second kappa shape index (κ2) is 6.60. The molecule has 4 amide bonds. The summed E-state index contributed by atoms with van der Waals surface area (Å²) in [6.45, 7) is 4.54. The van der Waals surface area contributed by atoms with Gasteiger partial charge in [0.15, 0.2) is 0 Å². The molecule has 0 aromatic heterocycles. The van der Waals surface area contributed by atoms with Gasteiger partial charge in [0.05, 0.1) is 0 Å². The van der Waals surface area contributed by atoms with Crippen LogP contribution < -0.4 is 10.2 Å². The van der Waals surface area contributed by atoms with Crippen molar-refractivity contribution >= 4 is 23.5 Å². The van der Waals surface area contributed by atoms with Crippen molar-refractivity contribution in [3.05, 3.63) is 29.8 Å². The average Bonchev–Trinajstić information content (AvgIpc) is 3.10. The van der Waals surface area contributed by atoms with E-state index in [0.29, 0.717) is 38.3 Å². The van der Waals surface area contributed by atoms with Gasteiger partial charge in [0.25, 0.3) is 5.91 Å². The Kier molecular flexibility index (Phi) is 4.28.